The minimum atomic E-state index is 1.02. The van der Waals surface area contributed by atoms with Crippen LogP contribution in [0, 0.1) is 0 Å². The Bertz CT molecular complexity index is 866. The van der Waals surface area contributed by atoms with Gasteiger partial charge in [0.2, 0.25) is 0 Å². The molecule has 0 saturated carbocycles. The zero-order chi connectivity index (χ0) is 12.7. The maximum Gasteiger partial charge on any atom is 0.0716 e. The molecule has 90 valence electrons. The second-order valence-corrected chi connectivity index (χ2v) is 5.42. The van der Waals surface area contributed by atoms with Crippen molar-refractivity contribution >= 4 is 31.5 Å². The molecule has 3 heterocycles. The van der Waals surface area contributed by atoms with E-state index in [1.54, 1.807) is 11.3 Å². The van der Waals surface area contributed by atoms with Gasteiger partial charge in [0.1, 0.15) is 0 Å². The van der Waals surface area contributed by atoms with Crippen LogP contribution in [-0.4, -0.2) is 9.97 Å². The van der Waals surface area contributed by atoms with E-state index in [1.807, 2.05) is 30.7 Å². The van der Waals surface area contributed by atoms with Crippen molar-refractivity contribution in [2.24, 2.45) is 0 Å². The van der Waals surface area contributed by atoms with Crippen LogP contribution in [0.2, 0.25) is 0 Å². The Kier molecular flexibility index (Phi) is 2.32. The van der Waals surface area contributed by atoms with Crippen LogP contribution < -0.4 is 0 Å². The normalized spacial score (nSPS) is 11.2. The lowest BCUT2D eigenvalue weighted by molar-refractivity contribution is 1.33. The van der Waals surface area contributed by atoms with Crippen molar-refractivity contribution in [3.05, 3.63) is 61.1 Å². The number of nitrogens with zero attached hydrogens (tertiary/aromatic N) is 2. The SMILES string of the molecule is c1ccc(-c2cccc3c2sc2cnccc23)nc1. The first-order valence-corrected chi connectivity index (χ1v) is 6.92. The topological polar surface area (TPSA) is 25.8 Å². The van der Waals surface area contributed by atoms with Gasteiger partial charge in [0.15, 0.2) is 0 Å². The Morgan fingerprint density at radius 3 is 2.74 bits per heavy atom. The van der Waals surface area contributed by atoms with Gasteiger partial charge in [-0.2, -0.15) is 0 Å². The first-order valence-electron chi connectivity index (χ1n) is 6.10. The highest BCUT2D eigenvalue weighted by molar-refractivity contribution is 7.26. The number of aromatic nitrogens is 2. The summed E-state index contributed by atoms with van der Waals surface area (Å²) in [6.45, 7) is 0. The fourth-order valence-corrected chi connectivity index (χ4v) is 3.57. The molecule has 0 aliphatic carbocycles. The van der Waals surface area contributed by atoms with Gasteiger partial charge in [0, 0.05) is 39.6 Å². The Hall–Kier alpha value is -2.26. The average Bonchev–Trinajstić information content (AvgIpc) is 2.87. The molecule has 4 aromatic rings. The van der Waals surface area contributed by atoms with Crippen molar-refractivity contribution in [3.63, 3.8) is 0 Å². The molecule has 4 rings (SSSR count). The number of fused-ring (bicyclic) bond motifs is 3. The van der Waals surface area contributed by atoms with Gasteiger partial charge in [-0.3, -0.25) is 9.97 Å². The largest absolute Gasteiger partial charge is 0.263 e. The lowest BCUT2D eigenvalue weighted by atomic mass is 10.1. The Morgan fingerprint density at radius 2 is 1.84 bits per heavy atom. The Balaban J connectivity index is 2.13. The first kappa shape index (κ1) is 10.6. The van der Waals surface area contributed by atoms with Gasteiger partial charge in [-0.15, -0.1) is 11.3 Å². The maximum atomic E-state index is 4.46. The average molecular weight is 262 g/mol. The molecule has 0 amide bonds. The molecule has 0 saturated heterocycles. The van der Waals surface area contributed by atoms with Crippen molar-refractivity contribution < 1.29 is 0 Å². The highest BCUT2D eigenvalue weighted by Gasteiger charge is 2.10. The van der Waals surface area contributed by atoms with E-state index in [0.29, 0.717) is 0 Å². The number of benzene rings is 1. The summed E-state index contributed by atoms with van der Waals surface area (Å²) in [5.41, 5.74) is 2.21. The molecule has 2 nitrogen and oxygen atoms in total. The molecule has 0 unspecified atom stereocenters. The quantitative estimate of drug-likeness (QED) is 0.504. The lowest BCUT2D eigenvalue weighted by Crippen LogP contribution is -1.81. The summed E-state index contributed by atoms with van der Waals surface area (Å²) in [5.74, 6) is 0. The third kappa shape index (κ3) is 1.63. The van der Waals surface area contributed by atoms with Crippen molar-refractivity contribution in [1.29, 1.82) is 0 Å². The number of pyridine rings is 2. The van der Waals surface area contributed by atoms with E-state index >= 15 is 0 Å². The summed E-state index contributed by atoms with van der Waals surface area (Å²) in [7, 11) is 0. The molecule has 1 aromatic carbocycles. The van der Waals surface area contributed by atoms with Crippen molar-refractivity contribution in [3.8, 4) is 11.3 Å². The molecule has 19 heavy (non-hydrogen) atoms. The van der Waals surface area contributed by atoms with Crippen LogP contribution in [-0.2, 0) is 0 Å². The highest BCUT2D eigenvalue weighted by Crippen LogP contribution is 2.38. The van der Waals surface area contributed by atoms with Crippen LogP contribution in [0.25, 0.3) is 31.4 Å². The zero-order valence-electron chi connectivity index (χ0n) is 10.1. The van der Waals surface area contributed by atoms with Gasteiger partial charge in [0.25, 0.3) is 0 Å². The van der Waals surface area contributed by atoms with E-state index in [1.165, 1.54) is 25.7 Å². The third-order valence-corrected chi connectivity index (χ3v) is 4.43. The van der Waals surface area contributed by atoms with Crippen molar-refractivity contribution in [1.82, 2.24) is 9.97 Å². The number of hydrogen-bond acceptors (Lipinski definition) is 3. The van der Waals surface area contributed by atoms with Gasteiger partial charge in [-0.05, 0) is 18.2 Å². The van der Waals surface area contributed by atoms with Crippen LogP contribution in [0.15, 0.2) is 61.1 Å². The molecule has 0 atom stereocenters. The lowest BCUT2D eigenvalue weighted by Gasteiger charge is -2.01. The van der Waals surface area contributed by atoms with Gasteiger partial charge in [-0.25, -0.2) is 0 Å². The summed E-state index contributed by atoms with van der Waals surface area (Å²) in [6.07, 6.45) is 5.62. The summed E-state index contributed by atoms with van der Waals surface area (Å²) in [4.78, 5) is 8.67. The van der Waals surface area contributed by atoms with Crippen LogP contribution in [0.5, 0.6) is 0 Å². The summed E-state index contributed by atoms with van der Waals surface area (Å²) < 4.78 is 2.50. The third-order valence-electron chi connectivity index (χ3n) is 3.24. The van der Waals surface area contributed by atoms with Gasteiger partial charge in [-0.1, -0.05) is 24.3 Å². The van der Waals surface area contributed by atoms with Crippen LogP contribution in [0.3, 0.4) is 0 Å². The molecule has 0 aliphatic rings. The molecule has 0 bridgehead atoms. The predicted octanol–water partition coefficient (Wildman–Crippen LogP) is 4.51. The van der Waals surface area contributed by atoms with E-state index in [2.05, 4.69) is 40.3 Å². The van der Waals surface area contributed by atoms with E-state index in [9.17, 15) is 0 Å². The second-order valence-electron chi connectivity index (χ2n) is 4.37. The molecule has 3 heteroatoms. The molecular formula is C16H10N2S. The molecule has 0 radical (unpaired) electrons. The van der Waals surface area contributed by atoms with Gasteiger partial charge < -0.3 is 0 Å². The summed E-state index contributed by atoms with van der Waals surface area (Å²) in [6, 6.07) is 14.5. The Morgan fingerprint density at radius 1 is 0.842 bits per heavy atom. The summed E-state index contributed by atoms with van der Waals surface area (Å²) >= 11 is 1.78. The fraction of sp³-hybridized carbons (Fsp3) is 0. The smallest absolute Gasteiger partial charge is 0.0716 e. The van der Waals surface area contributed by atoms with Gasteiger partial charge in [0.05, 0.1) is 10.4 Å². The molecule has 0 spiro atoms. The highest BCUT2D eigenvalue weighted by atomic mass is 32.1. The van der Waals surface area contributed by atoms with Crippen LogP contribution >= 0.6 is 11.3 Å². The predicted molar refractivity (Wildman–Crippen MR) is 80.4 cm³/mol. The van der Waals surface area contributed by atoms with Gasteiger partial charge >= 0.3 is 0 Å². The van der Waals surface area contributed by atoms with Crippen LogP contribution in [0.1, 0.15) is 0 Å². The van der Waals surface area contributed by atoms with E-state index < -0.39 is 0 Å². The van der Waals surface area contributed by atoms with Crippen LogP contribution in [0.4, 0.5) is 0 Å². The maximum absolute atomic E-state index is 4.46. The second kappa shape index (κ2) is 4.14. The standard InChI is InChI=1S/C16H10N2S/c1-2-8-18-14(6-1)13-5-3-4-12-11-7-9-17-10-15(11)19-16(12)13/h1-10H. The summed E-state index contributed by atoms with van der Waals surface area (Å²) in [5, 5.41) is 2.55. The zero-order valence-corrected chi connectivity index (χ0v) is 10.9. The first-order chi connectivity index (χ1) is 9.43. The fourth-order valence-electron chi connectivity index (χ4n) is 2.38. The van der Waals surface area contributed by atoms with E-state index in [0.717, 1.165) is 5.69 Å². The minimum absolute atomic E-state index is 1.02. The molecular weight excluding hydrogens is 252 g/mol. The number of hydrogen-bond donors (Lipinski definition) is 0. The molecule has 0 aliphatic heterocycles. The molecule has 3 aromatic heterocycles. The van der Waals surface area contributed by atoms with E-state index in [-0.39, 0.29) is 0 Å². The minimum Gasteiger partial charge on any atom is -0.263 e. The number of thiophene rings is 1. The van der Waals surface area contributed by atoms with Crippen molar-refractivity contribution in [2.45, 2.75) is 0 Å². The molecule has 0 N–H and O–H groups in total. The monoisotopic (exact) mass is 262 g/mol. The molecule has 0 fully saturated rings. The Labute approximate surface area is 114 Å². The van der Waals surface area contributed by atoms with Crippen molar-refractivity contribution in [2.75, 3.05) is 0 Å². The van der Waals surface area contributed by atoms with E-state index in [4.69, 9.17) is 0 Å². The number of rotatable bonds is 1.